The molecule has 78 valence electrons. The van der Waals surface area contributed by atoms with E-state index in [9.17, 15) is 9.59 Å². The van der Waals surface area contributed by atoms with E-state index in [1.807, 2.05) is 0 Å². The molecule has 0 unspecified atom stereocenters. The smallest absolute Gasteiger partial charge is 0.315 e. The van der Waals surface area contributed by atoms with Crippen molar-refractivity contribution in [3.8, 4) is 0 Å². The zero-order chi connectivity index (χ0) is 9.40. The fourth-order valence-electron chi connectivity index (χ4n) is 0.402. The summed E-state index contributed by atoms with van der Waals surface area (Å²) in [5.74, 6) is -0.804. The van der Waals surface area contributed by atoms with Crippen LogP contribution in [0, 0.1) is 0 Å². The van der Waals surface area contributed by atoms with Crippen LogP contribution in [-0.2, 0) is 19.1 Å². The quantitative estimate of drug-likeness (QED) is 0.407. The third-order valence-electron chi connectivity index (χ3n) is 0.868. The van der Waals surface area contributed by atoms with E-state index in [4.69, 9.17) is 0 Å². The van der Waals surface area contributed by atoms with Gasteiger partial charge in [0.05, 0.1) is 11.5 Å². The summed E-state index contributed by atoms with van der Waals surface area (Å²) < 4.78 is 9.14. The normalized spacial score (nSPS) is 8.46. The summed E-state index contributed by atoms with van der Waals surface area (Å²) in [5.41, 5.74) is 0. The summed E-state index contributed by atoms with van der Waals surface area (Å²) >= 11 is 7.36. The topological polar surface area (TPSA) is 52.6 Å². The Balaban J connectivity index is 0. The van der Waals surface area contributed by atoms with Crippen LogP contribution in [0.1, 0.15) is 0 Å². The number of ether oxygens (including phenoxy) is 2. The van der Waals surface area contributed by atoms with Crippen LogP contribution in [0.4, 0.5) is 0 Å². The van der Waals surface area contributed by atoms with E-state index in [-0.39, 0.29) is 38.2 Å². The molecule has 0 atom stereocenters. The standard InChI is InChI=1S/C6H10O4S2.H2S/c7-5(3-11)9-1-2-10-6(8)4-12;/h11-12H,1-4H2;1H2. The molecule has 0 aliphatic carbocycles. The second-order valence-corrected chi connectivity index (χ2v) is 2.39. The second kappa shape index (κ2) is 10.1. The zero-order valence-corrected chi connectivity index (χ0v) is 9.64. The molecule has 0 aliphatic rings. The molecule has 0 spiro atoms. The van der Waals surface area contributed by atoms with E-state index >= 15 is 0 Å². The van der Waals surface area contributed by atoms with Crippen molar-refractivity contribution in [3.05, 3.63) is 0 Å². The SMILES string of the molecule is O=C(CS)OCCOC(=O)CS.S. The van der Waals surface area contributed by atoms with Crippen LogP contribution in [0.15, 0.2) is 0 Å². The Morgan fingerprint density at radius 2 is 1.23 bits per heavy atom. The maximum Gasteiger partial charge on any atom is 0.315 e. The Hall–Kier alpha value is -0.0100. The second-order valence-electron chi connectivity index (χ2n) is 1.76. The van der Waals surface area contributed by atoms with Gasteiger partial charge in [0, 0.05) is 0 Å². The van der Waals surface area contributed by atoms with Gasteiger partial charge in [-0.05, 0) is 0 Å². The number of hydrogen-bond acceptors (Lipinski definition) is 6. The first-order chi connectivity index (χ1) is 5.70. The summed E-state index contributed by atoms with van der Waals surface area (Å²) in [4.78, 5) is 20.9. The van der Waals surface area contributed by atoms with E-state index in [1.165, 1.54) is 0 Å². The Morgan fingerprint density at radius 1 is 0.923 bits per heavy atom. The first-order valence-electron chi connectivity index (χ1n) is 3.23. The van der Waals surface area contributed by atoms with Crippen LogP contribution in [0.3, 0.4) is 0 Å². The number of carbonyl (C=O) groups excluding carboxylic acids is 2. The van der Waals surface area contributed by atoms with E-state index in [1.54, 1.807) is 0 Å². The molecule has 0 aromatic heterocycles. The first-order valence-corrected chi connectivity index (χ1v) is 4.50. The fraction of sp³-hybridized carbons (Fsp3) is 0.667. The Bertz CT molecular complexity index is 144. The lowest BCUT2D eigenvalue weighted by molar-refractivity contribution is -0.148. The molecule has 4 nitrogen and oxygen atoms in total. The molecule has 0 fully saturated rings. The Kier molecular flexibility index (Phi) is 12.0. The van der Waals surface area contributed by atoms with Crippen molar-refractivity contribution in [2.75, 3.05) is 24.7 Å². The molecule has 13 heavy (non-hydrogen) atoms. The number of thiol groups is 2. The zero-order valence-electron chi connectivity index (χ0n) is 6.86. The number of esters is 2. The highest BCUT2D eigenvalue weighted by molar-refractivity contribution is 7.81. The van der Waals surface area contributed by atoms with Crippen LogP contribution >= 0.6 is 38.8 Å². The van der Waals surface area contributed by atoms with E-state index < -0.39 is 11.9 Å². The van der Waals surface area contributed by atoms with Crippen LogP contribution < -0.4 is 0 Å². The van der Waals surface area contributed by atoms with Crippen molar-refractivity contribution in [1.29, 1.82) is 0 Å². The van der Waals surface area contributed by atoms with Gasteiger partial charge in [-0.2, -0.15) is 38.8 Å². The average Bonchev–Trinajstić information content (AvgIpc) is 2.11. The molecular weight excluding hydrogens is 232 g/mol. The van der Waals surface area contributed by atoms with Gasteiger partial charge in [0.25, 0.3) is 0 Å². The predicted octanol–water partition coefficient (Wildman–Crippen LogP) is 0.0452. The molecule has 0 amide bonds. The van der Waals surface area contributed by atoms with Gasteiger partial charge in [0.15, 0.2) is 0 Å². The van der Waals surface area contributed by atoms with Gasteiger partial charge in [-0.3, -0.25) is 9.59 Å². The molecule has 0 aliphatic heterocycles. The van der Waals surface area contributed by atoms with Gasteiger partial charge < -0.3 is 9.47 Å². The van der Waals surface area contributed by atoms with Crippen molar-refractivity contribution >= 4 is 50.7 Å². The highest BCUT2D eigenvalue weighted by atomic mass is 32.1. The molecule has 0 rings (SSSR count). The lowest BCUT2D eigenvalue weighted by Gasteiger charge is -2.03. The fourth-order valence-corrected chi connectivity index (χ4v) is 0.585. The largest absolute Gasteiger partial charge is 0.461 e. The molecular formula is C6H12O4S3. The molecule has 7 heteroatoms. The molecule has 0 aromatic carbocycles. The van der Waals surface area contributed by atoms with Gasteiger partial charge in [0.1, 0.15) is 13.2 Å². The maximum absolute atomic E-state index is 10.5. The van der Waals surface area contributed by atoms with Gasteiger partial charge in [-0.25, -0.2) is 0 Å². The van der Waals surface area contributed by atoms with Crippen LogP contribution in [-0.4, -0.2) is 36.7 Å². The van der Waals surface area contributed by atoms with Crippen molar-refractivity contribution in [2.45, 2.75) is 0 Å². The van der Waals surface area contributed by atoms with E-state index in [0.29, 0.717) is 0 Å². The number of hydrogen-bond donors (Lipinski definition) is 2. The molecule has 0 saturated heterocycles. The van der Waals surface area contributed by atoms with Crippen molar-refractivity contribution in [3.63, 3.8) is 0 Å². The molecule has 0 N–H and O–H groups in total. The summed E-state index contributed by atoms with van der Waals surface area (Å²) in [6, 6.07) is 0. The minimum atomic E-state index is -0.430. The molecule has 0 aromatic rings. The van der Waals surface area contributed by atoms with Crippen molar-refractivity contribution in [1.82, 2.24) is 0 Å². The minimum Gasteiger partial charge on any atom is -0.461 e. The minimum absolute atomic E-state index is 0. The summed E-state index contributed by atoms with van der Waals surface area (Å²) in [7, 11) is 0. The van der Waals surface area contributed by atoms with E-state index in [0.717, 1.165) is 0 Å². The maximum atomic E-state index is 10.5. The lowest BCUT2D eigenvalue weighted by Crippen LogP contribution is -2.14. The average molecular weight is 244 g/mol. The van der Waals surface area contributed by atoms with Crippen LogP contribution in [0.5, 0.6) is 0 Å². The Morgan fingerprint density at radius 3 is 1.46 bits per heavy atom. The summed E-state index contributed by atoms with van der Waals surface area (Å²) in [5, 5.41) is 0. The highest BCUT2D eigenvalue weighted by Crippen LogP contribution is 1.85. The molecule has 0 bridgehead atoms. The van der Waals surface area contributed by atoms with Crippen molar-refractivity contribution in [2.24, 2.45) is 0 Å². The monoisotopic (exact) mass is 244 g/mol. The summed E-state index contributed by atoms with van der Waals surface area (Å²) in [6.45, 7) is 0.137. The number of carbonyl (C=O) groups is 2. The van der Waals surface area contributed by atoms with Gasteiger partial charge in [0.2, 0.25) is 0 Å². The van der Waals surface area contributed by atoms with E-state index in [2.05, 4.69) is 34.7 Å². The highest BCUT2D eigenvalue weighted by Gasteiger charge is 2.00. The van der Waals surface area contributed by atoms with Gasteiger partial charge in [-0.15, -0.1) is 0 Å². The predicted molar refractivity (Wildman–Crippen MR) is 60.0 cm³/mol. The van der Waals surface area contributed by atoms with Gasteiger partial charge in [-0.1, -0.05) is 0 Å². The van der Waals surface area contributed by atoms with Crippen molar-refractivity contribution < 1.29 is 19.1 Å². The number of rotatable bonds is 5. The molecule has 0 radical (unpaired) electrons. The third kappa shape index (κ3) is 9.91. The summed E-state index contributed by atoms with van der Waals surface area (Å²) in [6.07, 6.45) is 0. The lowest BCUT2D eigenvalue weighted by atomic mass is 10.7. The van der Waals surface area contributed by atoms with Gasteiger partial charge >= 0.3 is 11.9 Å². The first kappa shape index (κ1) is 15.5. The van der Waals surface area contributed by atoms with Crippen LogP contribution in [0.25, 0.3) is 0 Å². The molecule has 0 heterocycles. The van der Waals surface area contributed by atoms with Crippen LogP contribution in [0.2, 0.25) is 0 Å². The molecule has 0 saturated carbocycles. The Labute approximate surface area is 94.6 Å². The third-order valence-corrected chi connectivity index (χ3v) is 1.38.